The molecule has 1 unspecified atom stereocenters. The third-order valence-corrected chi connectivity index (χ3v) is 4.76. The molecule has 2 heterocycles. The molecule has 10 heteroatoms. The van der Waals surface area contributed by atoms with Crippen molar-refractivity contribution in [2.75, 3.05) is 7.05 Å². The number of likely N-dealkylation sites (N-methyl/N-ethyl adjacent to an activating group) is 1. The van der Waals surface area contributed by atoms with Gasteiger partial charge in [-0.05, 0) is 31.2 Å². The van der Waals surface area contributed by atoms with Gasteiger partial charge in [0.2, 0.25) is 0 Å². The Bertz CT molecular complexity index is 1020. The van der Waals surface area contributed by atoms with E-state index in [1.54, 1.807) is 29.8 Å². The number of aromatic nitrogens is 1. The van der Waals surface area contributed by atoms with Crippen LogP contribution < -0.4 is 10.6 Å². The van der Waals surface area contributed by atoms with Crippen molar-refractivity contribution in [3.8, 4) is 5.69 Å². The van der Waals surface area contributed by atoms with Gasteiger partial charge in [-0.25, -0.2) is 4.79 Å². The van der Waals surface area contributed by atoms with Crippen molar-refractivity contribution in [3.63, 3.8) is 0 Å². The van der Waals surface area contributed by atoms with Gasteiger partial charge in [-0.2, -0.15) is 0 Å². The van der Waals surface area contributed by atoms with Gasteiger partial charge in [-0.15, -0.1) is 0 Å². The third-order valence-electron chi connectivity index (χ3n) is 4.76. The van der Waals surface area contributed by atoms with Gasteiger partial charge in [0.15, 0.2) is 11.8 Å². The van der Waals surface area contributed by atoms with E-state index in [9.17, 15) is 24.3 Å². The van der Waals surface area contributed by atoms with E-state index in [0.29, 0.717) is 11.3 Å². The van der Waals surface area contributed by atoms with Crippen LogP contribution in [0.5, 0.6) is 0 Å². The fraction of sp³-hybridized carbons (Fsp3) is 0.238. The Labute approximate surface area is 201 Å². The molecule has 0 aliphatic carbocycles. The minimum absolute atomic E-state index is 0. The Kier molecular flexibility index (Phi) is 8.21. The molecule has 0 radical (unpaired) electrons. The van der Waals surface area contributed by atoms with E-state index in [0.717, 1.165) is 5.69 Å². The summed E-state index contributed by atoms with van der Waals surface area (Å²) in [5.74, 6) is -2.18. The number of benzene rings is 1. The Morgan fingerprint density at radius 2 is 1.81 bits per heavy atom. The number of nitrogens with zero attached hydrogens (tertiary/aromatic N) is 2. The summed E-state index contributed by atoms with van der Waals surface area (Å²) >= 11 is 0. The van der Waals surface area contributed by atoms with Crippen molar-refractivity contribution in [1.82, 2.24) is 20.1 Å². The van der Waals surface area contributed by atoms with Gasteiger partial charge in [0.1, 0.15) is 0 Å². The molecule has 0 saturated carbocycles. The Morgan fingerprint density at radius 1 is 1.13 bits per heavy atom. The number of carbonyl (C=O) groups excluding carboxylic acids is 3. The zero-order valence-corrected chi connectivity index (χ0v) is 16.5. The fourth-order valence-corrected chi connectivity index (χ4v) is 3.33. The van der Waals surface area contributed by atoms with Crippen molar-refractivity contribution < 1.29 is 24.3 Å². The maximum absolute atomic E-state index is 12.6. The summed E-state index contributed by atoms with van der Waals surface area (Å²) < 4.78 is 1.77. The number of carboxylic acids is 1. The Morgan fingerprint density at radius 3 is 2.45 bits per heavy atom. The summed E-state index contributed by atoms with van der Waals surface area (Å²) in [5.41, 5.74) is 1.69. The average Bonchev–Trinajstić information content (AvgIpc) is 3.19. The van der Waals surface area contributed by atoms with Gasteiger partial charge in [0.05, 0.1) is 12.5 Å². The van der Waals surface area contributed by atoms with Gasteiger partial charge in [-0.3, -0.25) is 14.4 Å². The number of amides is 3. The number of hydrogen-bond donors (Lipinski definition) is 3. The topological polar surface area (TPSA) is 121 Å². The molecule has 2 aromatic rings. The van der Waals surface area contributed by atoms with Crippen molar-refractivity contribution in [2.24, 2.45) is 0 Å². The molecule has 0 bridgehead atoms. The molecular weight excluding hydrogens is 411 g/mol. The number of aliphatic carboxylic acids is 1. The van der Waals surface area contributed by atoms with Crippen LogP contribution >= 0.6 is 0 Å². The predicted octanol–water partition coefficient (Wildman–Crippen LogP) is 0.957. The summed E-state index contributed by atoms with van der Waals surface area (Å²) in [6, 6.07) is 9.66. The number of para-hydroxylation sites is 1. The van der Waals surface area contributed by atoms with E-state index in [2.05, 4.69) is 10.6 Å². The van der Waals surface area contributed by atoms with E-state index in [-0.39, 0.29) is 36.0 Å². The molecule has 1 aromatic carbocycles. The molecule has 0 saturated heterocycles. The van der Waals surface area contributed by atoms with Gasteiger partial charge in [0, 0.05) is 36.4 Å². The van der Waals surface area contributed by atoms with Gasteiger partial charge < -0.3 is 25.2 Å². The van der Waals surface area contributed by atoms with Crippen molar-refractivity contribution >= 4 is 53.2 Å². The second-order valence-electron chi connectivity index (χ2n) is 6.97. The van der Waals surface area contributed by atoms with Crippen LogP contribution in [0.4, 0.5) is 4.79 Å². The fourth-order valence-electron chi connectivity index (χ4n) is 3.33. The third kappa shape index (κ3) is 5.63. The monoisotopic (exact) mass is 434 g/mol. The Balaban J connectivity index is 0.00000341. The van der Waals surface area contributed by atoms with E-state index in [1.807, 2.05) is 30.3 Å². The predicted molar refractivity (Wildman–Crippen MR) is 115 cm³/mol. The molecule has 2 atom stereocenters. The second kappa shape index (κ2) is 10.4. The number of nitrogens with one attached hydrogen (secondary N) is 2. The molecule has 0 fully saturated rings. The van der Waals surface area contributed by atoms with Crippen LogP contribution in [0.25, 0.3) is 5.69 Å². The van der Waals surface area contributed by atoms with E-state index in [1.165, 1.54) is 18.1 Å². The number of hydrogen-bond acceptors (Lipinski definition) is 4. The number of carbonyl (C=O) groups is 4. The normalized spacial score (nSPS) is 16.8. The SMILES string of the molecule is CC1=CN(C)C(=O)C(NC(=O)N[C@@H](CC(=O)O)c2cccn2-c2ccccc2)C1=O.[NaH]. The first kappa shape index (κ1) is 24.4. The number of ketones is 1. The van der Waals surface area contributed by atoms with E-state index in [4.69, 9.17) is 0 Å². The number of Topliss-reactive ketones (excluding diaryl/α,β-unsaturated/α-hetero) is 1. The molecule has 3 rings (SSSR count). The summed E-state index contributed by atoms with van der Waals surface area (Å²) in [7, 11) is 1.49. The first-order valence-electron chi connectivity index (χ1n) is 9.28. The first-order chi connectivity index (χ1) is 14.3. The molecule has 3 amide bonds. The number of rotatable bonds is 6. The summed E-state index contributed by atoms with van der Waals surface area (Å²) in [5, 5.41) is 14.3. The maximum atomic E-state index is 12.6. The summed E-state index contributed by atoms with van der Waals surface area (Å²) in [6.07, 6.45) is 2.78. The zero-order chi connectivity index (χ0) is 21.8. The van der Waals surface area contributed by atoms with Crippen LogP contribution in [0.15, 0.2) is 60.4 Å². The van der Waals surface area contributed by atoms with Gasteiger partial charge in [0.25, 0.3) is 5.91 Å². The molecule has 158 valence electrons. The van der Waals surface area contributed by atoms with Crippen LogP contribution in [0.1, 0.15) is 25.1 Å². The Hall–Kier alpha value is -2.88. The first-order valence-corrected chi connectivity index (χ1v) is 9.28. The van der Waals surface area contributed by atoms with Gasteiger partial charge >= 0.3 is 41.6 Å². The van der Waals surface area contributed by atoms with Crippen LogP contribution in [-0.4, -0.2) is 80.9 Å². The standard InChI is InChI=1S/C21H22N4O5.Na.H/c1-13-12-24(2)20(29)18(19(13)28)23-21(30)22-15(11-17(26)27)16-9-6-10-25(16)14-7-4-3-5-8-14;;/h3-10,12,15,18H,11H2,1-2H3,(H,26,27)(H2,22,23,30);;/t15-,18?;;/m0../s1. The molecule has 1 aliphatic rings. The second-order valence-corrected chi connectivity index (χ2v) is 6.97. The minimum atomic E-state index is -1.36. The molecule has 1 aliphatic heterocycles. The van der Waals surface area contributed by atoms with Crippen LogP contribution in [-0.2, 0) is 14.4 Å². The zero-order valence-electron chi connectivity index (χ0n) is 16.5. The molecule has 0 spiro atoms. The van der Waals surface area contributed by atoms with E-state index >= 15 is 0 Å². The molecule has 31 heavy (non-hydrogen) atoms. The van der Waals surface area contributed by atoms with E-state index < -0.39 is 35.8 Å². The van der Waals surface area contributed by atoms with Crippen molar-refractivity contribution in [2.45, 2.75) is 25.4 Å². The average molecular weight is 434 g/mol. The number of carboxylic acid groups (broad SMARTS) is 1. The van der Waals surface area contributed by atoms with Crippen LogP contribution in [0.3, 0.4) is 0 Å². The molecule has 9 nitrogen and oxygen atoms in total. The summed E-state index contributed by atoms with van der Waals surface area (Å²) in [4.78, 5) is 49.8. The van der Waals surface area contributed by atoms with Gasteiger partial charge in [-0.1, -0.05) is 18.2 Å². The van der Waals surface area contributed by atoms with Crippen LogP contribution in [0, 0.1) is 0 Å². The summed E-state index contributed by atoms with van der Waals surface area (Å²) in [6.45, 7) is 1.55. The molecule has 1 aromatic heterocycles. The molecule has 3 N–H and O–H groups in total. The van der Waals surface area contributed by atoms with Crippen LogP contribution in [0.2, 0.25) is 0 Å². The quantitative estimate of drug-likeness (QED) is 0.462. The number of urea groups is 1. The molecular formula is C21H23N4NaO5. The van der Waals surface area contributed by atoms with Crippen molar-refractivity contribution in [1.29, 1.82) is 0 Å². The van der Waals surface area contributed by atoms with Crippen molar-refractivity contribution in [3.05, 3.63) is 66.1 Å².